The maximum Gasteiger partial charge on any atom is 0.292 e. The lowest BCUT2D eigenvalue weighted by Crippen LogP contribution is -2.59. The molecule has 40 heavy (non-hydrogen) atoms. The minimum atomic E-state index is -4.09. The van der Waals surface area contributed by atoms with E-state index in [2.05, 4.69) is 15.9 Å². The van der Waals surface area contributed by atoms with Crippen molar-refractivity contribution < 1.29 is 26.4 Å². The van der Waals surface area contributed by atoms with Crippen molar-refractivity contribution in [2.24, 2.45) is 5.14 Å². The van der Waals surface area contributed by atoms with Crippen LogP contribution in [0.5, 0.6) is 0 Å². The number of carbonyl (C=O) groups is 1. The molecule has 0 aliphatic carbocycles. The van der Waals surface area contributed by atoms with E-state index < -0.39 is 37.7 Å². The molecule has 0 spiro atoms. The van der Waals surface area contributed by atoms with Gasteiger partial charge in [-0.05, 0) is 29.7 Å². The highest BCUT2D eigenvalue weighted by atomic mass is 32.2. The molecular formula is C25H22N6O6S3. The number of primary sulfonamides is 1. The minimum absolute atomic E-state index is 0.0706. The zero-order chi connectivity index (χ0) is 28.7. The summed E-state index contributed by atoms with van der Waals surface area (Å²) in [4.78, 5) is 22.7. The van der Waals surface area contributed by atoms with Gasteiger partial charge in [0.1, 0.15) is 4.21 Å². The quantitative estimate of drug-likeness (QED) is 0.193. The van der Waals surface area contributed by atoms with E-state index in [1.54, 1.807) is 36.4 Å². The lowest BCUT2D eigenvalue weighted by atomic mass is 10.2. The molecule has 4 heterocycles. The average Bonchev–Trinajstić information content (AvgIpc) is 3.36. The summed E-state index contributed by atoms with van der Waals surface area (Å²) >= 11 is 1.05. The monoisotopic (exact) mass is 598 g/mol. The number of nitrogens with zero attached hydrogens (tertiary/aromatic N) is 5. The number of terminal acetylenes is 1. The molecule has 1 fully saturated rings. The summed E-state index contributed by atoms with van der Waals surface area (Å²) in [7, 11) is -8.11. The zero-order valence-electron chi connectivity index (χ0n) is 20.7. The summed E-state index contributed by atoms with van der Waals surface area (Å²) in [6.45, 7) is -0.501. The first-order valence-electron chi connectivity index (χ1n) is 11.8. The third-order valence-electron chi connectivity index (χ3n) is 6.35. The van der Waals surface area contributed by atoms with Gasteiger partial charge in [0.2, 0.25) is 21.5 Å². The van der Waals surface area contributed by atoms with Crippen molar-refractivity contribution in [3.05, 3.63) is 77.7 Å². The molecule has 1 aliphatic rings. The van der Waals surface area contributed by atoms with E-state index in [4.69, 9.17) is 11.6 Å². The van der Waals surface area contributed by atoms with Crippen molar-refractivity contribution in [2.75, 3.05) is 25.4 Å². The number of sulfonamides is 2. The predicted molar refractivity (Wildman–Crippen MR) is 148 cm³/mol. The fourth-order valence-electron chi connectivity index (χ4n) is 4.43. The van der Waals surface area contributed by atoms with Crippen LogP contribution in [0.4, 0.5) is 0 Å². The molecule has 5 rings (SSSR count). The Bertz CT molecular complexity index is 1870. The molecule has 12 nitrogen and oxygen atoms in total. The second-order valence-electron chi connectivity index (χ2n) is 9.01. The van der Waals surface area contributed by atoms with E-state index in [0.717, 1.165) is 15.6 Å². The van der Waals surface area contributed by atoms with Gasteiger partial charge in [-0.1, -0.05) is 12.0 Å². The molecule has 0 saturated carbocycles. The van der Waals surface area contributed by atoms with Gasteiger partial charge in [0.25, 0.3) is 15.9 Å². The van der Waals surface area contributed by atoms with E-state index in [0.29, 0.717) is 25.9 Å². The predicted octanol–water partition coefficient (Wildman–Crippen LogP) is 0.777. The van der Waals surface area contributed by atoms with Gasteiger partial charge in [-0.25, -0.2) is 31.9 Å². The molecule has 2 N–H and O–H groups in total. The third-order valence-corrected chi connectivity index (χ3v) is 10.6. The highest BCUT2D eigenvalue weighted by molar-refractivity contribution is 7.91. The number of hydrogen-bond acceptors (Lipinski definition) is 9. The van der Waals surface area contributed by atoms with E-state index in [9.17, 15) is 26.8 Å². The van der Waals surface area contributed by atoms with Gasteiger partial charge >= 0.3 is 0 Å². The van der Waals surface area contributed by atoms with Crippen LogP contribution in [0.1, 0.15) is 16.2 Å². The average molecular weight is 599 g/mol. The number of pyridine rings is 1. The standard InChI is InChI=1S/C25H22N6O6S3/c1-2-17-6-7-18-12-23(38-22(18)11-17)40(36,37)29-9-10-30(20(15-29)16-39(26,34)35)25(32)24-27-13-19(14-28-24)21-5-3-4-8-31(21)33/h1,3-8,11-14,20H,9-10,15-16H2,(H2,26,34,35). The molecule has 3 aromatic heterocycles. The van der Waals surface area contributed by atoms with Crippen LogP contribution in [-0.2, 0) is 20.0 Å². The number of nitrogens with two attached hydrogens (primary N) is 1. The number of aromatic nitrogens is 3. The van der Waals surface area contributed by atoms with E-state index in [1.807, 2.05) is 0 Å². The van der Waals surface area contributed by atoms with Crippen molar-refractivity contribution in [1.29, 1.82) is 0 Å². The number of thiophene rings is 1. The van der Waals surface area contributed by atoms with Crippen molar-refractivity contribution in [3.63, 3.8) is 0 Å². The van der Waals surface area contributed by atoms with Crippen molar-refractivity contribution in [3.8, 4) is 23.6 Å². The van der Waals surface area contributed by atoms with Crippen LogP contribution in [-0.4, -0.2) is 73.3 Å². The molecule has 4 aromatic rings. The van der Waals surface area contributed by atoms with Gasteiger partial charge in [0.05, 0.1) is 17.4 Å². The van der Waals surface area contributed by atoms with Gasteiger partial charge in [-0.3, -0.25) is 4.79 Å². The molecule has 1 aromatic carbocycles. The van der Waals surface area contributed by atoms with Crippen LogP contribution in [0, 0.1) is 17.6 Å². The number of piperazine rings is 1. The van der Waals surface area contributed by atoms with Crippen LogP contribution in [0.3, 0.4) is 0 Å². The fraction of sp³-hybridized carbons (Fsp3) is 0.200. The Balaban J connectivity index is 1.40. The van der Waals surface area contributed by atoms with Gasteiger partial charge in [0, 0.05) is 54.4 Å². The Morgan fingerprint density at radius 3 is 2.58 bits per heavy atom. The number of amides is 1. The number of carbonyl (C=O) groups excluding carboxylic acids is 1. The SMILES string of the molecule is C#Cc1ccc2cc(S(=O)(=O)N3CCN(C(=O)c4ncc(-c5cccc[n+]5[O-])cn4)C(CS(N)(=O)=O)C3)sc2c1. The molecule has 1 aliphatic heterocycles. The van der Waals surface area contributed by atoms with Crippen LogP contribution < -0.4 is 9.87 Å². The van der Waals surface area contributed by atoms with Gasteiger partial charge in [0.15, 0.2) is 6.20 Å². The summed E-state index contributed by atoms with van der Waals surface area (Å²) in [6.07, 6.45) is 9.39. The largest absolute Gasteiger partial charge is 0.618 e. The molecule has 1 atom stereocenters. The van der Waals surface area contributed by atoms with Crippen LogP contribution in [0.25, 0.3) is 21.3 Å². The molecule has 0 radical (unpaired) electrons. The molecule has 1 unspecified atom stereocenters. The Morgan fingerprint density at radius 1 is 1.15 bits per heavy atom. The summed E-state index contributed by atoms with van der Waals surface area (Å²) < 4.78 is 53.7. The molecule has 1 amide bonds. The Kier molecular flexibility index (Phi) is 7.29. The Hall–Kier alpha value is -3.94. The zero-order valence-corrected chi connectivity index (χ0v) is 23.2. The topological polar surface area (TPSA) is 171 Å². The highest BCUT2D eigenvalue weighted by Gasteiger charge is 2.39. The van der Waals surface area contributed by atoms with Crippen molar-refractivity contribution >= 4 is 47.4 Å². The number of hydrogen-bond donors (Lipinski definition) is 1. The van der Waals surface area contributed by atoms with Crippen molar-refractivity contribution in [1.82, 2.24) is 19.2 Å². The third kappa shape index (κ3) is 5.53. The molecule has 206 valence electrons. The van der Waals surface area contributed by atoms with Gasteiger partial charge in [-0.15, -0.1) is 17.8 Å². The molecular weight excluding hydrogens is 577 g/mol. The maximum atomic E-state index is 13.5. The lowest BCUT2D eigenvalue weighted by Gasteiger charge is -2.39. The van der Waals surface area contributed by atoms with Crippen LogP contribution >= 0.6 is 11.3 Å². The molecule has 0 bridgehead atoms. The number of fused-ring (bicyclic) bond motifs is 1. The van der Waals surface area contributed by atoms with E-state index in [-0.39, 0.29) is 35.4 Å². The van der Waals surface area contributed by atoms with Gasteiger partial charge < -0.3 is 10.1 Å². The summed E-state index contributed by atoms with van der Waals surface area (Å²) in [5, 5.41) is 18.0. The minimum Gasteiger partial charge on any atom is -0.618 e. The fourth-order valence-corrected chi connectivity index (χ4v) is 8.31. The molecule has 1 saturated heterocycles. The van der Waals surface area contributed by atoms with Crippen LogP contribution in [0.15, 0.2) is 65.3 Å². The summed E-state index contributed by atoms with van der Waals surface area (Å²) in [6, 6.07) is 10.4. The summed E-state index contributed by atoms with van der Waals surface area (Å²) in [5.41, 5.74) is 1.27. The van der Waals surface area contributed by atoms with E-state index in [1.165, 1.54) is 29.6 Å². The Labute approximate surface area is 234 Å². The smallest absolute Gasteiger partial charge is 0.292 e. The van der Waals surface area contributed by atoms with Crippen LogP contribution in [0.2, 0.25) is 0 Å². The first-order valence-corrected chi connectivity index (χ1v) is 15.8. The van der Waals surface area contributed by atoms with E-state index >= 15 is 0 Å². The summed E-state index contributed by atoms with van der Waals surface area (Å²) in [5.74, 6) is 0.925. The highest BCUT2D eigenvalue weighted by Crippen LogP contribution is 2.32. The second kappa shape index (κ2) is 10.6. The number of rotatable bonds is 6. The maximum absolute atomic E-state index is 13.5. The molecule has 15 heteroatoms. The van der Waals surface area contributed by atoms with Gasteiger partial charge in [-0.2, -0.15) is 9.04 Å². The lowest BCUT2D eigenvalue weighted by molar-refractivity contribution is -0.593. The van der Waals surface area contributed by atoms with Crippen molar-refractivity contribution in [2.45, 2.75) is 10.3 Å². The Morgan fingerprint density at radius 2 is 1.90 bits per heavy atom. The normalized spacial score (nSPS) is 16.6. The first kappa shape index (κ1) is 27.6. The second-order valence-corrected chi connectivity index (χ2v) is 13.9. The number of benzene rings is 1. The first-order chi connectivity index (χ1) is 19.0.